The molecule has 0 spiro atoms. The standard InChI is InChI=1S/C17H26N2O2/c1-4-17(9-6-10-18-17)16(20)19(3)11-12-21-15-8-5-7-14(2)13-15/h5,7-8,13,18H,4,6,9-12H2,1-3H3. The minimum absolute atomic E-state index is 0.190. The number of aryl methyl sites for hydroxylation is 1. The fourth-order valence-corrected chi connectivity index (χ4v) is 2.91. The van der Waals surface area contributed by atoms with E-state index in [0.717, 1.165) is 31.6 Å². The summed E-state index contributed by atoms with van der Waals surface area (Å²) < 4.78 is 5.72. The predicted octanol–water partition coefficient (Wildman–Crippen LogP) is 2.36. The van der Waals surface area contributed by atoms with Gasteiger partial charge < -0.3 is 15.0 Å². The van der Waals surface area contributed by atoms with Crippen molar-refractivity contribution in [3.63, 3.8) is 0 Å². The van der Waals surface area contributed by atoms with Crippen LogP contribution in [0.1, 0.15) is 31.7 Å². The third-order valence-corrected chi connectivity index (χ3v) is 4.29. The SMILES string of the molecule is CCC1(C(=O)N(C)CCOc2cccc(C)c2)CCCN1. The molecule has 1 saturated heterocycles. The zero-order valence-corrected chi connectivity index (χ0v) is 13.3. The van der Waals surface area contributed by atoms with E-state index in [1.807, 2.05) is 38.2 Å². The van der Waals surface area contributed by atoms with Crippen LogP contribution in [0.25, 0.3) is 0 Å². The molecule has 4 nitrogen and oxygen atoms in total. The summed E-state index contributed by atoms with van der Waals surface area (Å²) >= 11 is 0. The lowest BCUT2D eigenvalue weighted by Crippen LogP contribution is -2.54. The highest BCUT2D eigenvalue weighted by atomic mass is 16.5. The molecule has 1 heterocycles. The minimum atomic E-state index is -0.349. The van der Waals surface area contributed by atoms with Gasteiger partial charge in [0.25, 0.3) is 0 Å². The van der Waals surface area contributed by atoms with Crippen molar-refractivity contribution in [1.82, 2.24) is 10.2 Å². The molecule has 1 aliphatic rings. The Labute approximate surface area is 127 Å². The molecule has 2 rings (SSSR count). The summed E-state index contributed by atoms with van der Waals surface area (Å²) in [7, 11) is 1.86. The monoisotopic (exact) mass is 290 g/mol. The third kappa shape index (κ3) is 3.76. The highest BCUT2D eigenvalue weighted by Crippen LogP contribution is 2.25. The lowest BCUT2D eigenvalue weighted by atomic mass is 9.92. The molecule has 0 aromatic heterocycles. The molecular weight excluding hydrogens is 264 g/mol. The van der Waals surface area contributed by atoms with Crippen LogP contribution < -0.4 is 10.1 Å². The van der Waals surface area contributed by atoms with E-state index in [2.05, 4.69) is 12.2 Å². The number of nitrogens with one attached hydrogen (secondary N) is 1. The van der Waals surface area contributed by atoms with Crippen LogP contribution in [-0.4, -0.2) is 43.1 Å². The van der Waals surface area contributed by atoms with Gasteiger partial charge in [0.05, 0.1) is 12.1 Å². The molecule has 1 aromatic carbocycles. The van der Waals surface area contributed by atoms with Crippen molar-refractivity contribution >= 4 is 5.91 Å². The maximum atomic E-state index is 12.6. The van der Waals surface area contributed by atoms with Crippen LogP contribution in [0, 0.1) is 6.92 Å². The smallest absolute Gasteiger partial charge is 0.242 e. The normalized spacial score (nSPS) is 21.3. The molecular formula is C17H26N2O2. The van der Waals surface area contributed by atoms with Crippen LogP contribution in [0.3, 0.4) is 0 Å². The summed E-state index contributed by atoms with van der Waals surface area (Å²) in [5.74, 6) is 1.05. The Morgan fingerprint density at radius 2 is 2.29 bits per heavy atom. The quantitative estimate of drug-likeness (QED) is 0.874. The molecule has 0 aliphatic carbocycles. The van der Waals surface area contributed by atoms with Crippen LogP contribution in [0.15, 0.2) is 24.3 Å². The van der Waals surface area contributed by atoms with Gasteiger partial charge in [-0.05, 0) is 50.4 Å². The van der Waals surface area contributed by atoms with Gasteiger partial charge in [-0.1, -0.05) is 19.1 Å². The number of carbonyl (C=O) groups excluding carboxylic acids is 1. The molecule has 116 valence electrons. The molecule has 1 atom stereocenters. The van der Waals surface area contributed by atoms with Gasteiger partial charge in [-0.3, -0.25) is 4.79 Å². The Hall–Kier alpha value is -1.55. The van der Waals surface area contributed by atoms with Crippen molar-refractivity contribution in [2.75, 3.05) is 26.7 Å². The number of amides is 1. The maximum absolute atomic E-state index is 12.6. The third-order valence-electron chi connectivity index (χ3n) is 4.29. The molecule has 21 heavy (non-hydrogen) atoms. The molecule has 1 amide bonds. The van der Waals surface area contributed by atoms with Gasteiger partial charge in [0.15, 0.2) is 0 Å². The summed E-state index contributed by atoms with van der Waals surface area (Å²) in [5, 5.41) is 3.38. The van der Waals surface area contributed by atoms with Crippen LogP contribution in [0.2, 0.25) is 0 Å². The van der Waals surface area contributed by atoms with Crippen molar-refractivity contribution in [2.45, 2.75) is 38.6 Å². The topological polar surface area (TPSA) is 41.6 Å². The second-order valence-corrected chi connectivity index (χ2v) is 5.86. The molecule has 1 aliphatic heterocycles. The first-order chi connectivity index (χ1) is 10.1. The lowest BCUT2D eigenvalue weighted by Gasteiger charge is -2.31. The molecule has 0 radical (unpaired) electrons. The van der Waals surface area contributed by atoms with E-state index in [9.17, 15) is 4.79 Å². The summed E-state index contributed by atoms with van der Waals surface area (Å²) in [5.41, 5.74) is 0.829. The van der Waals surface area contributed by atoms with Gasteiger partial charge in [0.1, 0.15) is 12.4 Å². The first kappa shape index (κ1) is 15.8. The summed E-state index contributed by atoms with van der Waals surface area (Å²) in [6, 6.07) is 7.97. The molecule has 1 unspecified atom stereocenters. The summed E-state index contributed by atoms with van der Waals surface area (Å²) in [6.07, 6.45) is 2.85. The van der Waals surface area contributed by atoms with E-state index < -0.39 is 0 Å². The number of benzene rings is 1. The van der Waals surface area contributed by atoms with Gasteiger partial charge in [0, 0.05) is 7.05 Å². The Balaban J connectivity index is 1.84. The fourth-order valence-electron chi connectivity index (χ4n) is 2.91. The van der Waals surface area contributed by atoms with Gasteiger partial charge in [0.2, 0.25) is 5.91 Å². The van der Waals surface area contributed by atoms with Gasteiger partial charge in [-0.15, -0.1) is 0 Å². The molecule has 1 fully saturated rings. The van der Waals surface area contributed by atoms with Gasteiger partial charge in [-0.2, -0.15) is 0 Å². The maximum Gasteiger partial charge on any atom is 0.242 e. The van der Waals surface area contributed by atoms with Crippen molar-refractivity contribution in [3.8, 4) is 5.75 Å². The van der Waals surface area contributed by atoms with E-state index in [1.165, 1.54) is 5.56 Å². The average Bonchev–Trinajstić information content (AvgIpc) is 2.96. The van der Waals surface area contributed by atoms with E-state index in [4.69, 9.17) is 4.74 Å². The van der Waals surface area contributed by atoms with Crippen LogP contribution >= 0.6 is 0 Å². The van der Waals surface area contributed by atoms with Crippen LogP contribution in [0.4, 0.5) is 0 Å². The fraction of sp³-hybridized carbons (Fsp3) is 0.588. The number of carbonyl (C=O) groups is 1. The Bertz CT molecular complexity index is 481. The largest absolute Gasteiger partial charge is 0.492 e. The van der Waals surface area contributed by atoms with Crippen molar-refractivity contribution in [1.29, 1.82) is 0 Å². The lowest BCUT2D eigenvalue weighted by molar-refractivity contribution is -0.137. The number of hydrogen-bond donors (Lipinski definition) is 1. The van der Waals surface area contributed by atoms with E-state index in [-0.39, 0.29) is 11.4 Å². The molecule has 1 N–H and O–H groups in total. The molecule has 0 saturated carbocycles. The number of hydrogen-bond acceptors (Lipinski definition) is 3. The molecule has 4 heteroatoms. The zero-order chi connectivity index (χ0) is 15.3. The summed E-state index contributed by atoms with van der Waals surface area (Å²) in [4.78, 5) is 14.4. The minimum Gasteiger partial charge on any atom is -0.492 e. The highest BCUT2D eigenvalue weighted by molar-refractivity contribution is 5.86. The van der Waals surface area contributed by atoms with E-state index in [1.54, 1.807) is 4.90 Å². The number of rotatable bonds is 6. The molecule has 0 bridgehead atoms. The average molecular weight is 290 g/mol. The van der Waals surface area contributed by atoms with Gasteiger partial charge >= 0.3 is 0 Å². The second-order valence-electron chi connectivity index (χ2n) is 5.86. The van der Waals surface area contributed by atoms with E-state index >= 15 is 0 Å². The summed E-state index contributed by atoms with van der Waals surface area (Å²) in [6.45, 7) is 6.18. The zero-order valence-electron chi connectivity index (χ0n) is 13.3. The Morgan fingerprint density at radius 3 is 2.90 bits per heavy atom. The first-order valence-electron chi connectivity index (χ1n) is 7.77. The highest BCUT2D eigenvalue weighted by Gasteiger charge is 2.40. The number of likely N-dealkylation sites (N-methyl/N-ethyl adjacent to an activating group) is 1. The molecule has 1 aromatic rings. The Morgan fingerprint density at radius 1 is 1.48 bits per heavy atom. The van der Waals surface area contributed by atoms with Crippen LogP contribution in [0.5, 0.6) is 5.75 Å². The first-order valence-corrected chi connectivity index (χ1v) is 7.77. The van der Waals surface area contributed by atoms with Crippen molar-refractivity contribution in [2.24, 2.45) is 0 Å². The number of nitrogens with zero attached hydrogens (tertiary/aromatic N) is 1. The second kappa shape index (κ2) is 6.94. The van der Waals surface area contributed by atoms with E-state index in [0.29, 0.717) is 13.2 Å². The van der Waals surface area contributed by atoms with Crippen molar-refractivity contribution in [3.05, 3.63) is 29.8 Å². The van der Waals surface area contributed by atoms with Gasteiger partial charge in [-0.25, -0.2) is 0 Å². The number of ether oxygens (including phenoxy) is 1. The predicted molar refractivity (Wildman–Crippen MR) is 84.6 cm³/mol. The van der Waals surface area contributed by atoms with Crippen molar-refractivity contribution < 1.29 is 9.53 Å². The van der Waals surface area contributed by atoms with Crippen LogP contribution in [-0.2, 0) is 4.79 Å². The Kier molecular flexibility index (Phi) is 5.23.